The Morgan fingerprint density at radius 3 is 2.58 bits per heavy atom. The number of rotatable bonds is 3. The van der Waals surface area contributed by atoms with Gasteiger partial charge >= 0.3 is 5.97 Å². The molecule has 0 atom stereocenters. The van der Waals surface area contributed by atoms with Gasteiger partial charge in [-0.2, -0.15) is 0 Å². The smallest absolute Gasteiger partial charge is 0.335 e. The molecular weight excluding hydrogens is 245 g/mol. The molecule has 0 bridgehead atoms. The number of halogens is 1. The molecule has 104 valence electrons. The summed E-state index contributed by atoms with van der Waals surface area (Å²) in [6, 6.07) is 3.99. The molecule has 1 N–H and O–H groups in total. The van der Waals surface area contributed by atoms with Crippen LogP contribution >= 0.6 is 0 Å². The highest BCUT2D eigenvalue weighted by atomic mass is 19.1. The van der Waals surface area contributed by atoms with Crippen molar-refractivity contribution in [1.82, 2.24) is 4.90 Å². The normalized spacial score (nSPS) is 19.3. The minimum Gasteiger partial charge on any atom is -0.478 e. The van der Waals surface area contributed by atoms with E-state index < -0.39 is 5.97 Å². The maximum absolute atomic E-state index is 13.7. The standard InChI is InChI=1S/C15H20FNO2/c1-15(2)5-7-17(8-6-15)10-12-9-11(14(18)19)3-4-13(12)16/h3-4,9H,5-8,10H2,1-2H3,(H,18,19). The number of hydrogen-bond donors (Lipinski definition) is 1. The molecule has 0 saturated carbocycles. The lowest BCUT2D eigenvalue weighted by Gasteiger charge is -2.37. The Labute approximate surface area is 113 Å². The average molecular weight is 265 g/mol. The van der Waals surface area contributed by atoms with E-state index in [4.69, 9.17) is 5.11 Å². The Balaban J connectivity index is 2.07. The highest BCUT2D eigenvalue weighted by Crippen LogP contribution is 2.30. The number of benzene rings is 1. The van der Waals surface area contributed by atoms with Crippen molar-refractivity contribution in [2.75, 3.05) is 13.1 Å². The average Bonchev–Trinajstić information content (AvgIpc) is 2.34. The molecule has 1 aromatic rings. The summed E-state index contributed by atoms with van der Waals surface area (Å²) >= 11 is 0. The van der Waals surface area contributed by atoms with E-state index in [1.54, 1.807) is 0 Å². The predicted molar refractivity (Wildman–Crippen MR) is 71.7 cm³/mol. The Kier molecular flexibility index (Phi) is 3.90. The number of aromatic carboxylic acids is 1. The van der Waals surface area contributed by atoms with Crippen LogP contribution in [0.3, 0.4) is 0 Å². The molecule has 19 heavy (non-hydrogen) atoms. The largest absolute Gasteiger partial charge is 0.478 e. The van der Waals surface area contributed by atoms with Crippen LogP contribution in [-0.2, 0) is 6.54 Å². The number of likely N-dealkylation sites (tertiary alicyclic amines) is 1. The van der Waals surface area contributed by atoms with E-state index in [2.05, 4.69) is 18.7 Å². The zero-order chi connectivity index (χ0) is 14.0. The van der Waals surface area contributed by atoms with Crippen molar-refractivity contribution in [3.8, 4) is 0 Å². The topological polar surface area (TPSA) is 40.5 Å². The summed E-state index contributed by atoms with van der Waals surface area (Å²) in [6.45, 7) is 6.85. The van der Waals surface area contributed by atoms with Crippen molar-refractivity contribution >= 4 is 5.97 Å². The predicted octanol–water partition coefficient (Wildman–Crippen LogP) is 3.15. The lowest BCUT2D eigenvalue weighted by molar-refractivity contribution is 0.0696. The minimum atomic E-state index is -1.01. The summed E-state index contributed by atoms with van der Waals surface area (Å²) < 4.78 is 13.7. The first kappa shape index (κ1) is 14.0. The van der Waals surface area contributed by atoms with E-state index in [1.165, 1.54) is 18.2 Å². The van der Waals surface area contributed by atoms with Crippen molar-refractivity contribution in [1.29, 1.82) is 0 Å². The van der Waals surface area contributed by atoms with E-state index in [1.807, 2.05) is 0 Å². The molecule has 0 aliphatic carbocycles. The van der Waals surface area contributed by atoms with Gasteiger partial charge in [0, 0.05) is 12.1 Å². The van der Waals surface area contributed by atoms with Crippen LogP contribution in [0, 0.1) is 11.2 Å². The summed E-state index contributed by atoms with van der Waals surface area (Å²) in [5, 5.41) is 8.94. The van der Waals surface area contributed by atoms with Crippen molar-refractivity contribution in [2.45, 2.75) is 33.2 Å². The second-order valence-electron chi connectivity index (χ2n) is 6.05. The Morgan fingerprint density at radius 1 is 1.37 bits per heavy atom. The summed E-state index contributed by atoms with van der Waals surface area (Å²) in [7, 11) is 0. The SMILES string of the molecule is CC1(C)CCN(Cc2cc(C(=O)O)ccc2F)CC1. The molecule has 0 radical (unpaired) electrons. The van der Waals surface area contributed by atoms with Gasteiger partial charge in [0.2, 0.25) is 0 Å². The molecule has 4 heteroatoms. The van der Waals surface area contributed by atoms with E-state index in [9.17, 15) is 9.18 Å². The number of carboxylic acid groups (broad SMARTS) is 1. The molecular formula is C15H20FNO2. The van der Waals surface area contributed by atoms with Gasteiger partial charge in [-0.25, -0.2) is 9.18 Å². The summed E-state index contributed by atoms with van der Waals surface area (Å²) in [5.41, 5.74) is 0.978. The molecule has 2 rings (SSSR count). The molecule has 1 aliphatic heterocycles. The second kappa shape index (κ2) is 5.29. The molecule has 1 saturated heterocycles. The van der Waals surface area contributed by atoms with Crippen molar-refractivity contribution < 1.29 is 14.3 Å². The van der Waals surface area contributed by atoms with E-state index in [-0.39, 0.29) is 11.4 Å². The number of piperidine rings is 1. The van der Waals surface area contributed by atoms with Crippen molar-refractivity contribution in [3.63, 3.8) is 0 Å². The van der Waals surface area contributed by atoms with Gasteiger partial charge in [0.1, 0.15) is 5.82 Å². The molecule has 3 nitrogen and oxygen atoms in total. The third-order valence-electron chi connectivity index (χ3n) is 3.90. The van der Waals surface area contributed by atoms with Crippen LogP contribution in [0.15, 0.2) is 18.2 Å². The molecule has 0 aromatic heterocycles. The van der Waals surface area contributed by atoms with Gasteiger partial charge in [-0.15, -0.1) is 0 Å². The summed E-state index contributed by atoms with van der Waals surface area (Å²) in [6.07, 6.45) is 2.18. The van der Waals surface area contributed by atoms with Crippen molar-refractivity contribution in [3.05, 3.63) is 35.1 Å². The van der Waals surface area contributed by atoms with Gasteiger partial charge in [0.25, 0.3) is 0 Å². The molecule has 1 fully saturated rings. The monoisotopic (exact) mass is 265 g/mol. The lowest BCUT2D eigenvalue weighted by atomic mass is 9.82. The summed E-state index contributed by atoms with van der Waals surface area (Å²) in [4.78, 5) is 13.1. The first-order valence-electron chi connectivity index (χ1n) is 6.61. The molecule has 1 aromatic carbocycles. The van der Waals surface area contributed by atoms with Crippen LogP contribution in [0.4, 0.5) is 4.39 Å². The second-order valence-corrected chi connectivity index (χ2v) is 6.05. The number of carbonyl (C=O) groups is 1. The van der Waals surface area contributed by atoms with Crippen LogP contribution in [0.1, 0.15) is 42.6 Å². The highest BCUT2D eigenvalue weighted by Gasteiger charge is 2.25. The lowest BCUT2D eigenvalue weighted by Crippen LogP contribution is -2.37. The Bertz CT molecular complexity index is 475. The van der Waals surface area contributed by atoms with Crippen molar-refractivity contribution in [2.24, 2.45) is 5.41 Å². The fourth-order valence-corrected chi connectivity index (χ4v) is 2.39. The molecule has 0 spiro atoms. The van der Waals surface area contributed by atoms with Crippen LogP contribution < -0.4 is 0 Å². The Hall–Kier alpha value is -1.42. The van der Waals surface area contributed by atoms with Gasteiger partial charge in [-0.1, -0.05) is 13.8 Å². The zero-order valence-corrected chi connectivity index (χ0v) is 11.4. The minimum absolute atomic E-state index is 0.147. The van der Waals surface area contributed by atoms with Gasteiger partial charge in [0.05, 0.1) is 5.56 Å². The Morgan fingerprint density at radius 2 is 2.00 bits per heavy atom. The van der Waals surface area contributed by atoms with Crippen LogP contribution in [-0.4, -0.2) is 29.1 Å². The van der Waals surface area contributed by atoms with Crippen LogP contribution in [0.2, 0.25) is 0 Å². The third-order valence-corrected chi connectivity index (χ3v) is 3.90. The quantitative estimate of drug-likeness (QED) is 0.912. The van der Waals surface area contributed by atoms with Gasteiger partial charge < -0.3 is 5.11 Å². The summed E-state index contributed by atoms with van der Waals surface area (Å²) in [5.74, 6) is -1.34. The first-order valence-corrected chi connectivity index (χ1v) is 6.61. The maximum Gasteiger partial charge on any atom is 0.335 e. The molecule has 1 aliphatic rings. The van der Waals surface area contributed by atoms with Gasteiger partial charge in [0.15, 0.2) is 0 Å². The molecule has 0 amide bonds. The fraction of sp³-hybridized carbons (Fsp3) is 0.533. The van der Waals surface area contributed by atoms with Crippen LogP contribution in [0.25, 0.3) is 0 Å². The molecule has 0 unspecified atom stereocenters. The van der Waals surface area contributed by atoms with E-state index in [0.717, 1.165) is 25.9 Å². The number of carboxylic acids is 1. The van der Waals surface area contributed by atoms with Gasteiger partial charge in [-0.05, 0) is 49.5 Å². The zero-order valence-electron chi connectivity index (χ0n) is 11.4. The highest BCUT2D eigenvalue weighted by molar-refractivity contribution is 5.87. The van der Waals surface area contributed by atoms with Crippen LogP contribution in [0.5, 0.6) is 0 Å². The molecule has 1 heterocycles. The third kappa shape index (κ3) is 3.53. The fourth-order valence-electron chi connectivity index (χ4n) is 2.39. The van der Waals surface area contributed by atoms with E-state index >= 15 is 0 Å². The van der Waals surface area contributed by atoms with E-state index in [0.29, 0.717) is 17.5 Å². The first-order chi connectivity index (χ1) is 8.87. The number of nitrogens with zero attached hydrogens (tertiary/aromatic N) is 1. The number of hydrogen-bond acceptors (Lipinski definition) is 2. The van der Waals surface area contributed by atoms with Gasteiger partial charge in [-0.3, -0.25) is 4.90 Å². The maximum atomic E-state index is 13.7.